The van der Waals surface area contributed by atoms with Crippen molar-refractivity contribution in [1.29, 1.82) is 5.26 Å². The SMILES string of the molecule is N#CCc1ccc(NCC2(c3ccccc3)CC2)cc1. The van der Waals surface area contributed by atoms with Crippen LogP contribution in [0.5, 0.6) is 0 Å². The second kappa shape index (κ2) is 5.38. The number of hydrogen-bond donors (Lipinski definition) is 1. The average Bonchev–Trinajstić information content (AvgIpc) is 3.29. The Hall–Kier alpha value is -2.27. The van der Waals surface area contributed by atoms with Crippen LogP contribution in [0.2, 0.25) is 0 Å². The summed E-state index contributed by atoms with van der Waals surface area (Å²) in [6.07, 6.45) is 3.00. The standard InChI is InChI=1S/C18H18N2/c19-13-10-15-6-8-17(9-7-15)20-14-18(11-12-18)16-4-2-1-3-5-16/h1-9,20H,10-12,14H2. The summed E-state index contributed by atoms with van der Waals surface area (Å²) in [7, 11) is 0. The fourth-order valence-electron chi connectivity index (χ4n) is 2.61. The molecule has 100 valence electrons. The van der Waals surface area contributed by atoms with Gasteiger partial charge in [0.05, 0.1) is 12.5 Å². The first-order chi connectivity index (χ1) is 9.82. The van der Waals surface area contributed by atoms with E-state index in [2.05, 4.69) is 53.9 Å². The lowest BCUT2D eigenvalue weighted by molar-refractivity contribution is 0.733. The van der Waals surface area contributed by atoms with Gasteiger partial charge in [-0.2, -0.15) is 5.26 Å². The number of nitriles is 1. The van der Waals surface area contributed by atoms with Crippen molar-refractivity contribution in [1.82, 2.24) is 0 Å². The topological polar surface area (TPSA) is 35.8 Å². The van der Waals surface area contributed by atoms with Gasteiger partial charge in [0.25, 0.3) is 0 Å². The molecule has 0 aromatic heterocycles. The molecule has 0 bridgehead atoms. The molecule has 0 atom stereocenters. The van der Waals surface area contributed by atoms with Crippen molar-refractivity contribution in [3.63, 3.8) is 0 Å². The molecule has 2 aromatic rings. The van der Waals surface area contributed by atoms with Crippen molar-refractivity contribution in [2.45, 2.75) is 24.7 Å². The number of hydrogen-bond acceptors (Lipinski definition) is 2. The third kappa shape index (κ3) is 2.67. The molecule has 0 spiro atoms. The zero-order valence-electron chi connectivity index (χ0n) is 11.5. The lowest BCUT2D eigenvalue weighted by Gasteiger charge is -2.17. The Morgan fingerprint density at radius 2 is 1.70 bits per heavy atom. The van der Waals surface area contributed by atoms with E-state index in [0.717, 1.165) is 17.8 Å². The second-order valence-corrected chi connectivity index (χ2v) is 5.53. The van der Waals surface area contributed by atoms with E-state index >= 15 is 0 Å². The van der Waals surface area contributed by atoms with Crippen LogP contribution in [0, 0.1) is 11.3 Å². The Labute approximate surface area is 120 Å². The predicted molar refractivity (Wildman–Crippen MR) is 81.6 cm³/mol. The molecule has 0 radical (unpaired) electrons. The van der Waals surface area contributed by atoms with E-state index in [-0.39, 0.29) is 0 Å². The van der Waals surface area contributed by atoms with Crippen LogP contribution in [0.1, 0.15) is 24.0 Å². The molecule has 2 aromatic carbocycles. The first-order valence-electron chi connectivity index (χ1n) is 7.08. The minimum Gasteiger partial charge on any atom is -0.384 e. The van der Waals surface area contributed by atoms with Gasteiger partial charge in [0.2, 0.25) is 0 Å². The molecule has 1 saturated carbocycles. The first kappa shape index (κ1) is 12.7. The van der Waals surface area contributed by atoms with Crippen LogP contribution in [0.25, 0.3) is 0 Å². The van der Waals surface area contributed by atoms with E-state index < -0.39 is 0 Å². The van der Waals surface area contributed by atoms with E-state index in [0.29, 0.717) is 11.8 Å². The second-order valence-electron chi connectivity index (χ2n) is 5.53. The average molecular weight is 262 g/mol. The lowest BCUT2D eigenvalue weighted by atomic mass is 9.96. The van der Waals surface area contributed by atoms with E-state index in [1.54, 1.807) is 0 Å². The van der Waals surface area contributed by atoms with Crippen LogP contribution in [0.4, 0.5) is 5.69 Å². The van der Waals surface area contributed by atoms with Crippen molar-refractivity contribution in [2.24, 2.45) is 0 Å². The van der Waals surface area contributed by atoms with Gasteiger partial charge in [-0.3, -0.25) is 0 Å². The molecule has 2 nitrogen and oxygen atoms in total. The monoisotopic (exact) mass is 262 g/mol. The first-order valence-corrected chi connectivity index (χ1v) is 7.08. The molecule has 0 unspecified atom stereocenters. The molecule has 0 aliphatic heterocycles. The summed E-state index contributed by atoms with van der Waals surface area (Å²) < 4.78 is 0. The molecule has 0 saturated heterocycles. The third-order valence-corrected chi connectivity index (χ3v) is 4.11. The molecule has 20 heavy (non-hydrogen) atoms. The van der Waals surface area contributed by atoms with Crippen molar-refractivity contribution in [2.75, 3.05) is 11.9 Å². The Kier molecular flexibility index (Phi) is 3.43. The molecule has 1 fully saturated rings. The number of nitrogens with zero attached hydrogens (tertiary/aromatic N) is 1. The zero-order valence-corrected chi connectivity index (χ0v) is 11.5. The molecular weight excluding hydrogens is 244 g/mol. The molecule has 0 amide bonds. The van der Waals surface area contributed by atoms with Crippen LogP contribution in [-0.2, 0) is 11.8 Å². The zero-order chi connectivity index (χ0) is 13.8. The molecule has 2 heteroatoms. The highest BCUT2D eigenvalue weighted by molar-refractivity contribution is 5.47. The highest BCUT2D eigenvalue weighted by Crippen LogP contribution is 2.48. The van der Waals surface area contributed by atoms with Gasteiger partial charge < -0.3 is 5.32 Å². The fourth-order valence-corrected chi connectivity index (χ4v) is 2.61. The molecule has 0 heterocycles. The smallest absolute Gasteiger partial charge is 0.0669 e. The van der Waals surface area contributed by atoms with Crippen LogP contribution in [0.3, 0.4) is 0 Å². The highest BCUT2D eigenvalue weighted by atomic mass is 14.9. The number of nitrogens with one attached hydrogen (secondary N) is 1. The van der Waals surface area contributed by atoms with Crippen LogP contribution in [0.15, 0.2) is 54.6 Å². The maximum absolute atomic E-state index is 8.67. The predicted octanol–water partition coefficient (Wildman–Crippen LogP) is 3.90. The van der Waals surface area contributed by atoms with Crippen LogP contribution < -0.4 is 5.32 Å². The minimum absolute atomic E-state index is 0.326. The minimum atomic E-state index is 0.326. The van der Waals surface area contributed by atoms with E-state index in [4.69, 9.17) is 5.26 Å². The van der Waals surface area contributed by atoms with Crippen molar-refractivity contribution in [3.05, 3.63) is 65.7 Å². The number of rotatable bonds is 5. The summed E-state index contributed by atoms with van der Waals surface area (Å²) in [6.45, 7) is 0.981. The summed E-state index contributed by atoms with van der Waals surface area (Å²) >= 11 is 0. The van der Waals surface area contributed by atoms with Gasteiger partial charge in [-0.1, -0.05) is 42.5 Å². The fraction of sp³-hybridized carbons (Fsp3) is 0.278. The summed E-state index contributed by atoms with van der Waals surface area (Å²) in [5, 5.41) is 12.2. The van der Waals surface area contributed by atoms with Gasteiger partial charge in [-0.15, -0.1) is 0 Å². The van der Waals surface area contributed by atoms with Crippen molar-refractivity contribution in [3.8, 4) is 6.07 Å². The van der Waals surface area contributed by atoms with E-state index in [1.165, 1.54) is 18.4 Å². The van der Waals surface area contributed by atoms with E-state index in [9.17, 15) is 0 Å². The Morgan fingerprint density at radius 1 is 1.00 bits per heavy atom. The maximum atomic E-state index is 8.67. The number of anilines is 1. The molecular formula is C18H18N2. The summed E-state index contributed by atoms with van der Waals surface area (Å²) in [6, 6.07) is 21.1. The highest BCUT2D eigenvalue weighted by Gasteiger charge is 2.43. The molecule has 1 aliphatic carbocycles. The van der Waals surface area contributed by atoms with Crippen molar-refractivity contribution < 1.29 is 0 Å². The van der Waals surface area contributed by atoms with Gasteiger partial charge in [-0.25, -0.2) is 0 Å². The Balaban J connectivity index is 1.64. The van der Waals surface area contributed by atoms with Gasteiger partial charge in [0, 0.05) is 17.6 Å². The molecule has 3 rings (SSSR count). The molecule has 1 aliphatic rings. The van der Waals surface area contributed by atoms with Gasteiger partial charge >= 0.3 is 0 Å². The van der Waals surface area contributed by atoms with E-state index in [1.807, 2.05) is 12.1 Å². The maximum Gasteiger partial charge on any atom is 0.0669 e. The molecule has 1 N–H and O–H groups in total. The number of benzene rings is 2. The van der Waals surface area contributed by atoms with Gasteiger partial charge in [-0.05, 0) is 36.1 Å². The summed E-state index contributed by atoms with van der Waals surface area (Å²) in [4.78, 5) is 0. The largest absolute Gasteiger partial charge is 0.384 e. The quantitative estimate of drug-likeness (QED) is 0.887. The van der Waals surface area contributed by atoms with Crippen LogP contribution >= 0.6 is 0 Å². The normalized spacial score (nSPS) is 15.3. The van der Waals surface area contributed by atoms with Gasteiger partial charge in [0.15, 0.2) is 0 Å². The van der Waals surface area contributed by atoms with Gasteiger partial charge in [0.1, 0.15) is 0 Å². The summed E-state index contributed by atoms with van der Waals surface area (Å²) in [5.74, 6) is 0. The Bertz CT molecular complexity index is 604. The lowest BCUT2D eigenvalue weighted by Crippen LogP contribution is -2.19. The van der Waals surface area contributed by atoms with Crippen molar-refractivity contribution >= 4 is 5.69 Å². The Morgan fingerprint density at radius 3 is 2.30 bits per heavy atom. The third-order valence-electron chi connectivity index (χ3n) is 4.11. The summed E-state index contributed by atoms with van der Waals surface area (Å²) in [5.41, 5.74) is 3.97. The van der Waals surface area contributed by atoms with Crippen LogP contribution in [-0.4, -0.2) is 6.54 Å².